The fourth-order valence-electron chi connectivity index (χ4n) is 2.42. The Bertz CT molecular complexity index is 256. The highest BCUT2D eigenvalue weighted by Crippen LogP contribution is 2.27. The molecule has 2 heteroatoms. The minimum absolute atomic E-state index is 0.0103. The minimum atomic E-state index is 0.0103. The number of hydrogen-bond acceptors (Lipinski definition) is 2. The third-order valence-corrected chi connectivity index (χ3v) is 4.47. The molecule has 0 rings (SSSR count). The van der Waals surface area contributed by atoms with Gasteiger partial charge in [0.1, 0.15) is 0 Å². The summed E-state index contributed by atoms with van der Waals surface area (Å²) in [6.07, 6.45) is 3.25. The minimum Gasteiger partial charge on any atom is -0.375 e. The molecule has 116 valence electrons. The van der Waals surface area contributed by atoms with Crippen molar-refractivity contribution in [3.8, 4) is 0 Å². The largest absolute Gasteiger partial charge is 0.375 e. The van der Waals surface area contributed by atoms with Gasteiger partial charge in [-0.2, -0.15) is 0 Å². The fourth-order valence-corrected chi connectivity index (χ4v) is 2.42. The van der Waals surface area contributed by atoms with Crippen LogP contribution in [0.15, 0.2) is 0 Å². The lowest BCUT2D eigenvalue weighted by atomic mass is 9.88. The van der Waals surface area contributed by atoms with Crippen LogP contribution in [0.4, 0.5) is 0 Å². The normalized spacial score (nSPS) is 19.3. The van der Waals surface area contributed by atoms with Crippen LogP contribution in [0, 0.1) is 5.92 Å². The third kappa shape index (κ3) is 6.76. The first-order valence-corrected chi connectivity index (χ1v) is 7.91. The summed E-state index contributed by atoms with van der Waals surface area (Å²) in [7, 11) is 0. The lowest BCUT2D eigenvalue weighted by molar-refractivity contribution is -0.0739. The van der Waals surface area contributed by atoms with Crippen molar-refractivity contribution in [1.82, 2.24) is 5.32 Å². The molecule has 2 unspecified atom stereocenters. The molecule has 0 saturated carbocycles. The zero-order valence-electron chi connectivity index (χ0n) is 14.8. The molecule has 0 aliphatic carbocycles. The first-order valence-electron chi connectivity index (χ1n) is 7.91. The van der Waals surface area contributed by atoms with E-state index in [4.69, 9.17) is 4.74 Å². The van der Waals surface area contributed by atoms with Crippen molar-refractivity contribution in [2.45, 2.75) is 98.3 Å². The maximum Gasteiger partial charge on any atom is 0.0674 e. The molecule has 0 fully saturated rings. The van der Waals surface area contributed by atoms with Crippen molar-refractivity contribution in [3.05, 3.63) is 0 Å². The molecule has 0 spiro atoms. The van der Waals surface area contributed by atoms with Crippen LogP contribution in [-0.4, -0.2) is 23.3 Å². The summed E-state index contributed by atoms with van der Waals surface area (Å²) in [5.41, 5.74) is 0.317. The standard InChI is InChI=1S/C17H37NO/c1-10-16(8,18-15(5,6)7)12-13-19-17(9,11-2)14(3)4/h14,18H,10-13H2,1-9H3. The number of ether oxygens (including phenoxy) is 1. The predicted octanol–water partition coefficient (Wildman–Crippen LogP) is 4.77. The van der Waals surface area contributed by atoms with Crippen molar-refractivity contribution in [2.24, 2.45) is 5.92 Å². The maximum absolute atomic E-state index is 6.21. The summed E-state index contributed by atoms with van der Waals surface area (Å²) in [6, 6.07) is 0. The van der Waals surface area contributed by atoms with E-state index < -0.39 is 0 Å². The van der Waals surface area contributed by atoms with Gasteiger partial charge in [0.15, 0.2) is 0 Å². The molecular formula is C17H37NO. The molecule has 0 aromatic heterocycles. The van der Waals surface area contributed by atoms with Crippen molar-refractivity contribution in [3.63, 3.8) is 0 Å². The van der Waals surface area contributed by atoms with E-state index in [1.54, 1.807) is 0 Å². The lowest BCUT2D eigenvalue weighted by Gasteiger charge is -2.39. The molecule has 0 aliphatic rings. The molecule has 0 aromatic rings. The monoisotopic (exact) mass is 271 g/mol. The van der Waals surface area contributed by atoms with E-state index in [0.717, 1.165) is 25.9 Å². The van der Waals surface area contributed by atoms with Gasteiger partial charge in [-0.1, -0.05) is 27.7 Å². The van der Waals surface area contributed by atoms with Crippen LogP contribution in [0.1, 0.15) is 81.6 Å². The van der Waals surface area contributed by atoms with Crippen LogP contribution >= 0.6 is 0 Å². The van der Waals surface area contributed by atoms with Gasteiger partial charge in [-0.05, 0) is 59.8 Å². The molecule has 2 atom stereocenters. The molecule has 2 nitrogen and oxygen atoms in total. The molecule has 0 saturated heterocycles. The summed E-state index contributed by atoms with van der Waals surface area (Å²) >= 11 is 0. The third-order valence-electron chi connectivity index (χ3n) is 4.47. The molecule has 0 heterocycles. The average Bonchev–Trinajstić information content (AvgIpc) is 2.26. The number of nitrogens with one attached hydrogen (secondary N) is 1. The highest BCUT2D eigenvalue weighted by Gasteiger charge is 2.30. The molecule has 0 amide bonds. The van der Waals surface area contributed by atoms with Gasteiger partial charge < -0.3 is 10.1 Å². The van der Waals surface area contributed by atoms with Gasteiger partial charge in [0.2, 0.25) is 0 Å². The maximum atomic E-state index is 6.21. The smallest absolute Gasteiger partial charge is 0.0674 e. The van der Waals surface area contributed by atoms with Crippen LogP contribution in [0.3, 0.4) is 0 Å². The molecule has 0 bridgehead atoms. The molecule has 0 aromatic carbocycles. The van der Waals surface area contributed by atoms with Crippen LogP contribution in [-0.2, 0) is 4.74 Å². The van der Waals surface area contributed by atoms with E-state index in [0.29, 0.717) is 5.92 Å². The molecule has 19 heavy (non-hydrogen) atoms. The first kappa shape index (κ1) is 18.9. The van der Waals surface area contributed by atoms with E-state index in [2.05, 4.69) is 67.6 Å². The summed E-state index contributed by atoms with van der Waals surface area (Å²) < 4.78 is 6.21. The van der Waals surface area contributed by atoms with E-state index >= 15 is 0 Å². The van der Waals surface area contributed by atoms with Gasteiger partial charge >= 0.3 is 0 Å². The average molecular weight is 271 g/mol. The van der Waals surface area contributed by atoms with E-state index in [9.17, 15) is 0 Å². The molecule has 1 N–H and O–H groups in total. The quantitative estimate of drug-likeness (QED) is 0.686. The van der Waals surface area contributed by atoms with Gasteiger partial charge in [0, 0.05) is 17.7 Å². The van der Waals surface area contributed by atoms with Crippen LogP contribution in [0.2, 0.25) is 0 Å². The Kier molecular flexibility index (Phi) is 7.05. The zero-order valence-corrected chi connectivity index (χ0v) is 14.8. The fraction of sp³-hybridized carbons (Fsp3) is 1.00. The predicted molar refractivity (Wildman–Crippen MR) is 85.7 cm³/mol. The van der Waals surface area contributed by atoms with Crippen molar-refractivity contribution >= 4 is 0 Å². The van der Waals surface area contributed by atoms with Gasteiger partial charge in [0.25, 0.3) is 0 Å². The Hall–Kier alpha value is -0.0800. The summed E-state index contributed by atoms with van der Waals surface area (Å²) in [4.78, 5) is 0. The van der Waals surface area contributed by atoms with Gasteiger partial charge in [-0.25, -0.2) is 0 Å². The Morgan fingerprint density at radius 1 is 0.947 bits per heavy atom. The highest BCUT2D eigenvalue weighted by atomic mass is 16.5. The topological polar surface area (TPSA) is 21.3 Å². The van der Waals surface area contributed by atoms with Crippen molar-refractivity contribution in [2.75, 3.05) is 6.61 Å². The Morgan fingerprint density at radius 3 is 1.79 bits per heavy atom. The summed E-state index contributed by atoms with van der Waals surface area (Å²) in [5, 5.41) is 3.74. The molecule has 0 radical (unpaired) electrons. The van der Waals surface area contributed by atoms with E-state index in [-0.39, 0.29) is 16.7 Å². The SMILES string of the molecule is CCC(C)(CCOC(C)(CC)C(C)C)NC(C)(C)C. The Balaban J connectivity index is 4.44. The second kappa shape index (κ2) is 7.08. The Labute approximate surface area is 121 Å². The highest BCUT2D eigenvalue weighted by molar-refractivity contribution is 4.88. The first-order chi connectivity index (χ1) is 8.48. The summed E-state index contributed by atoms with van der Waals surface area (Å²) in [6.45, 7) is 21.0. The van der Waals surface area contributed by atoms with E-state index in [1.165, 1.54) is 0 Å². The van der Waals surface area contributed by atoms with Crippen LogP contribution in [0.25, 0.3) is 0 Å². The van der Waals surface area contributed by atoms with Gasteiger partial charge in [-0.3, -0.25) is 0 Å². The van der Waals surface area contributed by atoms with Gasteiger partial charge in [0.05, 0.1) is 5.60 Å². The van der Waals surface area contributed by atoms with Crippen LogP contribution in [0.5, 0.6) is 0 Å². The van der Waals surface area contributed by atoms with E-state index in [1.807, 2.05) is 0 Å². The van der Waals surface area contributed by atoms with Crippen molar-refractivity contribution in [1.29, 1.82) is 0 Å². The number of rotatable bonds is 8. The lowest BCUT2D eigenvalue weighted by Crippen LogP contribution is -2.52. The second-order valence-electron chi connectivity index (χ2n) is 7.71. The van der Waals surface area contributed by atoms with Crippen molar-refractivity contribution < 1.29 is 4.74 Å². The second-order valence-corrected chi connectivity index (χ2v) is 7.71. The zero-order chi connectivity index (χ0) is 15.3. The molecule has 0 aliphatic heterocycles. The summed E-state index contributed by atoms with van der Waals surface area (Å²) in [5.74, 6) is 0.556. The van der Waals surface area contributed by atoms with Crippen LogP contribution < -0.4 is 5.32 Å². The van der Waals surface area contributed by atoms with Gasteiger partial charge in [-0.15, -0.1) is 0 Å². The molecular weight excluding hydrogens is 234 g/mol. The number of hydrogen-bond donors (Lipinski definition) is 1. The Morgan fingerprint density at radius 2 is 1.47 bits per heavy atom.